The molecule has 0 saturated carbocycles. The summed E-state index contributed by atoms with van der Waals surface area (Å²) in [6, 6.07) is 1.48. The number of rotatable bonds is 6. The topological polar surface area (TPSA) is 15.3 Å². The van der Waals surface area contributed by atoms with Crippen molar-refractivity contribution in [2.24, 2.45) is 5.92 Å². The molecule has 0 amide bonds. The molecule has 0 spiro atoms. The van der Waals surface area contributed by atoms with E-state index >= 15 is 0 Å². The lowest BCUT2D eigenvalue weighted by Crippen LogP contribution is -2.56. The fourth-order valence-electron chi connectivity index (χ4n) is 2.47. The number of thioether (sulfide) groups is 1. The van der Waals surface area contributed by atoms with Crippen molar-refractivity contribution in [2.45, 2.75) is 45.7 Å². The number of nitrogens with one attached hydrogen (secondary N) is 1. The van der Waals surface area contributed by atoms with Crippen LogP contribution in [0.1, 0.15) is 33.6 Å². The Morgan fingerprint density at radius 3 is 2.69 bits per heavy atom. The second-order valence-electron chi connectivity index (χ2n) is 4.96. The summed E-state index contributed by atoms with van der Waals surface area (Å²) < 4.78 is 0. The zero-order chi connectivity index (χ0) is 12.0. The van der Waals surface area contributed by atoms with Crippen LogP contribution in [0, 0.1) is 5.92 Å². The Labute approximate surface area is 106 Å². The minimum absolute atomic E-state index is 0.703. The summed E-state index contributed by atoms with van der Waals surface area (Å²) in [5.74, 6) is 2.08. The maximum absolute atomic E-state index is 3.67. The molecule has 16 heavy (non-hydrogen) atoms. The van der Waals surface area contributed by atoms with Gasteiger partial charge in [0.15, 0.2) is 0 Å². The highest BCUT2D eigenvalue weighted by atomic mass is 32.2. The minimum Gasteiger partial charge on any atom is -0.311 e. The Bertz CT molecular complexity index is 187. The van der Waals surface area contributed by atoms with Crippen molar-refractivity contribution in [3.05, 3.63) is 0 Å². The molecular weight excluding hydrogens is 216 g/mol. The van der Waals surface area contributed by atoms with Crippen LogP contribution in [0.3, 0.4) is 0 Å². The Hall–Kier alpha value is 0.270. The molecule has 0 bridgehead atoms. The van der Waals surface area contributed by atoms with E-state index in [1.807, 2.05) is 11.8 Å². The molecule has 3 atom stereocenters. The Morgan fingerprint density at radius 2 is 2.12 bits per heavy atom. The summed E-state index contributed by atoms with van der Waals surface area (Å²) in [6.45, 7) is 10.6. The van der Waals surface area contributed by atoms with E-state index in [-0.39, 0.29) is 0 Å². The van der Waals surface area contributed by atoms with Crippen LogP contribution in [0.15, 0.2) is 0 Å². The van der Waals surface area contributed by atoms with Gasteiger partial charge >= 0.3 is 0 Å². The minimum atomic E-state index is 0.703. The normalized spacial score (nSPS) is 26.6. The highest BCUT2D eigenvalue weighted by Gasteiger charge is 2.26. The molecule has 0 aromatic rings. The van der Waals surface area contributed by atoms with Crippen LogP contribution in [0.2, 0.25) is 0 Å². The van der Waals surface area contributed by atoms with Gasteiger partial charge in [0, 0.05) is 37.5 Å². The van der Waals surface area contributed by atoms with Crippen molar-refractivity contribution in [1.82, 2.24) is 10.2 Å². The molecular formula is C13H28N2S. The summed E-state index contributed by atoms with van der Waals surface area (Å²) in [7, 11) is 0. The number of nitrogens with zero attached hydrogens (tertiary/aromatic N) is 1. The maximum atomic E-state index is 3.67. The van der Waals surface area contributed by atoms with Crippen LogP contribution >= 0.6 is 11.8 Å². The molecule has 3 unspecified atom stereocenters. The number of hydrogen-bond donors (Lipinski definition) is 1. The number of piperazine rings is 1. The van der Waals surface area contributed by atoms with E-state index in [1.165, 1.54) is 38.2 Å². The molecule has 1 fully saturated rings. The quantitative estimate of drug-likeness (QED) is 0.772. The molecule has 0 aliphatic carbocycles. The third kappa shape index (κ3) is 3.94. The van der Waals surface area contributed by atoms with Gasteiger partial charge in [0.25, 0.3) is 0 Å². The van der Waals surface area contributed by atoms with Gasteiger partial charge in [0.2, 0.25) is 0 Å². The largest absolute Gasteiger partial charge is 0.311 e. The molecule has 96 valence electrons. The van der Waals surface area contributed by atoms with Crippen molar-refractivity contribution in [3.8, 4) is 0 Å². The molecule has 1 N–H and O–H groups in total. The van der Waals surface area contributed by atoms with Gasteiger partial charge in [0.1, 0.15) is 0 Å². The van der Waals surface area contributed by atoms with Gasteiger partial charge in [-0.2, -0.15) is 11.8 Å². The van der Waals surface area contributed by atoms with Crippen LogP contribution in [-0.2, 0) is 0 Å². The first-order valence-corrected chi connectivity index (χ1v) is 8.08. The molecule has 1 heterocycles. The Morgan fingerprint density at radius 1 is 1.38 bits per heavy atom. The smallest absolute Gasteiger partial charge is 0.0221 e. The number of hydrogen-bond acceptors (Lipinski definition) is 3. The van der Waals surface area contributed by atoms with Crippen LogP contribution < -0.4 is 5.32 Å². The standard InChI is InChI=1S/C13H28N2S/c1-5-11(3)13-9-15(8-7-14-13)12(6-2)10-16-4/h11-14H,5-10H2,1-4H3. The molecule has 0 aromatic carbocycles. The molecule has 0 radical (unpaired) electrons. The third-order valence-corrected chi connectivity index (χ3v) is 4.63. The van der Waals surface area contributed by atoms with E-state index in [1.54, 1.807) is 0 Å². The van der Waals surface area contributed by atoms with E-state index in [2.05, 4.69) is 37.2 Å². The molecule has 0 aromatic heterocycles. The zero-order valence-corrected chi connectivity index (χ0v) is 12.1. The van der Waals surface area contributed by atoms with Gasteiger partial charge < -0.3 is 5.32 Å². The lowest BCUT2D eigenvalue weighted by Gasteiger charge is -2.40. The first-order valence-electron chi connectivity index (χ1n) is 6.69. The summed E-state index contributed by atoms with van der Waals surface area (Å²) in [6.07, 6.45) is 4.79. The van der Waals surface area contributed by atoms with E-state index in [0.717, 1.165) is 12.0 Å². The Kier molecular flexibility index (Phi) is 6.78. The van der Waals surface area contributed by atoms with Crippen molar-refractivity contribution in [2.75, 3.05) is 31.6 Å². The van der Waals surface area contributed by atoms with Crippen LogP contribution in [0.25, 0.3) is 0 Å². The Balaban J connectivity index is 2.48. The fraction of sp³-hybridized carbons (Fsp3) is 1.00. The average Bonchev–Trinajstić information content (AvgIpc) is 2.35. The second-order valence-corrected chi connectivity index (χ2v) is 5.87. The summed E-state index contributed by atoms with van der Waals surface area (Å²) >= 11 is 1.98. The van der Waals surface area contributed by atoms with E-state index in [0.29, 0.717) is 6.04 Å². The highest BCUT2D eigenvalue weighted by molar-refractivity contribution is 7.98. The molecule has 1 aliphatic heterocycles. The lowest BCUT2D eigenvalue weighted by molar-refractivity contribution is 0.130. The maximum Gasteiger partial charge on any atom is 0.0221 e. The summed E-state index contributed by atoms with van der Waals surface area (Å²) in [4.78, 5) is 2.70. The first-order chi connectivity index (χ1) is 7.72. The fourth-order valence-corrected chi connectivity index (χ4v) is 3.30. The summed E-state index contributed by atoms with van der Waals surface area (Å²) in [5.41, 5.74) is 0. The van der Waals surface area contributed by atoms with E-state index in [9.17, 15) is 0 Å². The molecule has 1 aliphatic rings. The van der Waals surface area contributed by atoms with Crippen LogP contribution in [-0.4, -0.2) is 48.6 Å². The van der Waals surface area contributed by atoms with Crippen LogP contribution in [0.5, 0.6) is 0 Å². The molecule has 1 rings (SSSR count). The predicted octanol–water partition coefficient (Wildman–Crippen LogP) is 2.45. The molecule has 2 nitrogen and oxygen atoms in total. The van der Waals surface area contributed by atoms with Gasteiger partial charge in [-0.25, -0.2) is 0 Å². The zero-order valence-electron chi connectivity index (χ0n) is 11.3. The van der Waals surface area contributed by atoms with Gasteiger partial charge in [-0.3, -0.25) is 4.90 Å². The SMILES string of the molecule is CCC(C)C1CN(C(CC)CSC)CCN1. The third-order valence-electron chi connectivity index (χ3n) is 3.91. The van der Waals surface area contributed by atoms with Gasteiger partial charge in [-0.15, -0.1) is 0 Å². The predicted molar refractivity (Wildman–Crippen MR) is 75.3 cm³/mol. The van der Waals surface area contributed by atoms with Gasteiger partial charge in [-0.1, -0.05) is 27.2 Å². The van der Waals surface area contributed by atoms with Crippen LogP contribution in [0.4, 0.5) is 0 Å². The highest BCUT2D eigenvalue weighted by Crippen LogP contribution is 2.17. The lowest BCUT2D eigenvalue weighted by atomic mass is 9.96. The average molecular weight is 244 g/mol. The molecule has 3 heteroatoms. The van der Waals surface area contributed by atoms with Gasteiger partial charge in [-0.05, 0) is 18.6 Å². The molecule has 1 saturated heterocycles. The van der Waals surface area contributed by atoms with Crippen molar-refractivity contribution in [3.63, 3.8) is 0 Å². The summed E-state index contributed by atoms with van der Waals surface area (Å²) in [5, 5.41) is 3.67. The second kappa shape index (κ2) is 7.57. The first kappa shape index (κ1) is 14.3. The van der Waals surface area contributed by atoms with Crippen molar-refractivity contribution in [1.29, 1.82) is 0 Å². The van der Waals surface area contributed by atoms with E-state index in [4.69, 9.17) is 0 Å². The van der Waals surface area contributed by atoms with Crippen molar-refractivity contribution >= 4 is 11.8 Å². The van der Waals surface area contributed by atoms with E-state index < -0.39 is 0 Å². The monoisotopic (exact) mass is 244 g/mol. The van der Waals surface area contributed by atoms with Crippen molar-refractivity contribution < 1.29 is 0 Å². The van der Waals surface area contributed by atoms with Gasteiger partial charge in [0.05, 0.1) is 0 Å².